The summed E-state index contributed by atoms with van der Waals surface area (Å²) >= 11 is 0. The molecule has 4 heteroatoms. The van der Waals surface area contributed by atoms with Crippen molar-refractivity contribution < 1.29 is 13.2 Å². The first-order valence-corrected chi connectivity index (χ1v) is 7.13. The first kappa shape index (κ1) is 14.0. The van der Waals surface area contributed by atoms with E-state index in [2.05, 4.69) is 11.4 Å². The third-order valence-corrected chi connectivity index (χ3v) is 3.92. The van der Waals surface area contributed by atoms with Crippen LogP contribution in [-0.4, -0.2) is 0 Å². The highest BCUT2D eigenvalue weighted by molar-refractivity contribution is 5.55. The highest BCUT2D eigenvalue weighted by Crippen LogP contribution is 2.28. The molecule has 1 nitrogen and oxygen atoms in total. The Balaban J connectivity index is 1.79. The molecule has 0 aromatic heterocycles. The van der Waals surface area contributed by atoms with E-state index in [0.717, 1.165) is 37.1 Å². The van der Waals surface area contributed by atoms with E-state index in [9.17, 15) is 13.2 Å². The van der Waals surface area contributed by atoms with E-state index in [1.54, 1.807) is 0 Å². The third kappa shape index (κ3) is 2.89. The lowest BCUT2D eigenvalue weighted by Gasteiger charge is -2.20. The summed E-state index contributed by atoms with van der Waals surface area (Å²) in [5.74, 6) is -3.72. The first-order chi connectivity index (χ1) is 10.1. The van der Waals surface area contributed by atoms with Gasteiger partial charge in [0.15, 0.2) is 17.5 Å². The van der Waals surface area contributed by atoms with Crippen molar-refractivity contribution in [1.29, 1.82) is 0 Å². The van der Waals surface area contributed by atoms with Crippen molar-refractivity contribution in [3.63, 3.8) is 0 Å². The van der Waals surface area contributed by atoms with Crippen LogP contribution < -0.4 is 5.32 Å². The number of anilines is 1. The normalized spacial score (nSPS) is 13.9. The predicted octanol–water partition coefficient (Wildman–Crippen LogP) is 4.59. The molecule has 0 saturated carbocycles. The van der Waals surface area contributed by atoms with Gasteiger partial charge >= 0.3 is 0 Å². The van der Waals surface area contributed by atoms with Crippen molar-refractivity contribution in [1.82, 2.24) is 0 Å². The zero-order valence-corrected chi connectivity index (χ0v) is 11.6. The van der Waals surface area contributed by atoms with Gasteiger partial charge in [0, 0.05) is 12.2 Å². The average Bonchev–Trinajstić information content (AvgIpc) is 2.50. The van der Waals surface area contributed by atoms with Gasteiger partial charge in [0.2, 0.25) is 0 Å². The number of rotatable bonds is 3. The summed E-state index contributed by atoms with van der Waals surface area (Å²) in [5.41, 5.74) is 4.01. The third-order valence-electron chi connectivity index (χ3n) is 3.92. The summed E-state index contributed by atoms with van der Waals surface area (Å²) in [4.78, 5) is 0. The SMILES string of the molecule is Fc1cc(CNc2cccc3c2CCCC3)cc(F)c1F. The zero-order chi connectivity index (χ0) is 14.8. The Hall–Kier alpha value is -1.97. The summed E-state index contributed by atoms with van der Waals surface area (Å²) in [6.45, 7) is 0.268. The second-order valence-corrected chi connectivity index (χ2v) is 5.38. The fourth-order valence-corrected chi connectivity index (χ4v) is 2.85. The van der Waals surface area contributed by atoms with E-state index < -0.39 is 17.5 Å². The van der Waals surface area contributed by atoms with Crippen LogP contribution in [0.2, 0.25) is 0 Å². The van der Waals surface area contributed by atoms with Crippen LogP contribution in [-0.2, 0) is 19.4 Å². The molecule has 0 spiro atoms. The second kappa shape index (κ2) is 5.80. The molecule has 0 atom stereocenters. The van der Waals surface area contributed by atoms with Gasteiger partial charge in [0.1, 0.15) is 0 Å². The van der Waals surface area contributed by atoms with E-state index in [1.165, 1.54) is 17.5 Å². The summed E-state index contributed by atoms with van der Waals surface area (Å²) in [7, 11) is 0. The molecule has 110 valence electrons. The average molecular weight is 291 g/mol. The van der Waals surface area contributed by atoms with E-state index in [-0.39, 0.29) is 6.54 Å². The van der Waals surface area contributed by atoms with Gasteiger partial charge in [-0.25, -0.2) is 13.2 Å². The Morgan fingerprint density at radius 1 is 0.952 bits per heavy atom. The van der Waals surface area contributed by atoms with Gasteiger partial charge in [-0.1, -0.05) is 12.1 Å². The number of fused-ring (bicyclic) bond motifs is 1. The molecule has 1 aliphatic carbocycles. The fraction of sp³-hybridized carbons (Fsp3) is 0.294. The molecule has 1 N–H and O–H groups in total. The molecule has 1 aliphatic rings. The van der Waals surface area contributed by atoms with Crippen LogP contribution in [0.5, 0.6) is 0 Å². The molecular weight excluding hydrogens is 275 g/mol. The van der Waals surface area contributed by atoms with Crippen molar-refractivity contribution in [3.8, 4) is 0 Å². The largest absolute Gasteiger partial charge is 0.381 e. The lowest BCUT2D eigenvalue weighted by Crippen LogP contribution is -2.09. The van der Waals surface area contributed by atoms with Crippen molar-refractivity contribution >= 4 is 5.69 Å². The van der Waals surface area contributed by atoms with Crippen LogP contribution in [0.4, 0.5) is 18.9 Å². The zero-order valence-electron chi connectivity index (χ0n) is 11.6. The van der Waals surface area contributed by atoms with Crippen LogP contribution in [0.1, 0.15) is 29.5 Å². The fourth-order valence-electron chi connectivity index (χ4n) is 2.85. The maximum Gasteiger partial charge on any atom is 0.194 e. The standard InChI is InChI=1S/C17H16F3N/c18-14-8-11(9-15(19)17(14)20)10-21-16-7-3-5-12-4-1-2-6-13(12)16/h3,5,7-9,21H,1-2,4,6,10H2. The van der Waals surface area contributed by atoms with Gasteiger partial charge in [-0.2, -0.15) is 0 Å². The number of nitrogens with one attached hydrogen (secondary N) is 1. The molecule has 0 radical (unpaired) electrons. The van der Waals surface area contributed by atoms with Crippen LogP contribution in [0, 0.1) is 17.5 Å². The van der Waals surface area contributed by atoms with Gasteiger partial charge in [0.25, 0.3) is 0 Å². The first-order valence-electron chi connectivity index (χ1n) is 7.13. The van der Waals surface area contributed by atoms with Gasteiger partial charge < -0.3 is 5.32 Å². The van der Waals surface area contributed by atoms with Gasteiger partial charge in [-0.3, -0.25) is 0 Å². The van der Waals surface area contributed by atoms with E-state index >= 15 is 0 Å². The number of aryl methyl sites for hydroxylation is 1. The Labute approximate surface area is 121 Å². The lowest BCUT2D eigenvalue weighted by molar-refractivity contribution is 0.445. The molecule has 0 fully saturated rings. The molecule has 0 aliphatic heterocycles. The lowest BCUT2D eigenvalue weighted by atomic mass is 9.90. The minimum Gasteiger partial charge on any atom is -0.381 e. The monoisotopic (exact) mass is 291 g/mol. The summed E-state index contributed by atoms with van der Waals surface area (Å²) in [5, 5.41) is 3.21. The summed E-state index contributed by atoms with van der Waals surface area (Å²) in [6.07, 6.45) is 4.45. The highest BCUT2D eigenvalue weighted by atomic mass is 19.2. The van der Waals surface area contributed by atoms with Gasteiger partial charge in [-0.05, 0) is 60.6 Å². The van der Waals surface area contributed by atoms with Gasteiger partial charge in [0.05, 0.1) is 0 Å². The van der Waals surface area contributed by atoms with E-state index in [0.29, 0.717) is 5.56 Å². The van der Waals surface area contributed by atoms with Crippen LogP contribution in [0.3, 0.4) is 0 Å². The van der Waals surface area contributed by atoms with Gasteiger partial charge in [-0.15, -0.1) is 0 Å². The maximum absolute atomic E-state index is 13.2. The molecule has 0 unspecified atom stereocenters. The maximum atomic E-state index is 13.2. The van der Waals surface area contributed by atoms with Crippen molar-refractivity contribution in [2.24, 2.45) is 0 Å². The Kier molecular flexibility index (Phi) is 3.86. The van der Waals surface area contributed by atoms with Crippen molar-refractivity contribution in [3.05, 3.63) is 64.5 Å². The molecule has 2 aromatic carbocycles. The summed E-state index contributed by atoms with van der Waals surface area (Å²) in [6, 6.07) is 8.14. The molecule has 2 aromatic rings. The van der Waals surface area contributed by atoms with E-state index in [4.69, 9.17) is 0 Å². The predicted molar refractivity (Wildman–Crippen MR) is 76.7 cm³/mol. The van der Waals surface area contributed by atoms with Crippen molar-refractivity contribution in [2.75, 3.05) is 5.32 Å². The van der Waals surface area contributed by atoms with Crippen LogP contribution in [0.25, 0.3) is 0 Å². The second-order valence-electron chi connectivity index (χ2n) is 5.38. The number of hydrogen-bond donors (Lipinski definition) is 1. The topological polar surface area (TPSA) is 12.0 Å². The molecule has 0 amide bonds. The minimum absolute atomic E-state index is 0.268. The smallest absolute Gasteiger partial charge is 0.194 e. The van der Waals surface area contributed by atoms with Crippen LogP contribution in [0.15, 0.2) is 30.3 Å². The molecular formula is C17H16F3N. The highest BCUT2D eigenvalue weighted by Gasteiger charge is 2.14. The van der Waals surface area contributed by atoms with E-state index in [1.807, 2.05) is 12.1 Å². The summed E-state index contributed by atoms with van der Waals surface area (Å²) < 4.78 is 39.3. The Morgan fingerprint density at radius 3 is 2.43 bits per heavy atom. The number of hydrogen-bond acceptors (Lipinski definition) is 1. The van der Waals surface area contributed by atoms with Crippen molar-refractivity contribution in [2.45, 2.75) is 32.2 Å². The minimum atomic E-state index is -1.42. The van der Waals surface area contributed by atoms with Crippen LogP contribution >= 0.6 is 0 Å². The molecule has 0 saturated heterocycles. The number of halogens is 3. The molecule has 21 heavy (non-hydrogen) atoms. The molecule has 0 bridgehead atoms. The Morgan fingerprint density at radius 2 is 1.67 bits per heavy atom. The quantitative estimate of drug-likeness (QED) is 0.815. The number of benzene rings is 2. The Bertz CT molecular complexity index is 644. The molecule has 3 rings (SSSR count). The molecule has 0 heterocycles.